The number of nitro benzene ring substituents is 1. The quantitative estimate of drug-likeness (QED) is 0.627. The summed E-state index contributed by atoms with van der Waals surface area (Å²) in [5.74, 6) is -1.15. The van der Waals surface area contributed by atoms with Gasteiger partial charge in [0.25, 0.3) is 5.69 Å². The molecule has 9 nitrogen and oxygen atoms in total. The van der Waals surface area contributed by atoms with Crippen LogP contribution in [0.25, 0.3) is 0 Å². The topological polar surface area (TPSA) is 130 Å². The van der Waals surface area contributed by atoms with Crippen molar-refractivity contribution >= 4 is 17.7 Å². The van der Waals surface area contributed by atoms with Gasteiger partial charge in [0.2, 0.25) is 0 Å². The Labute approximate surface area is 131 Å². The highest BCUT2D eigenvalue weighted by Crippen LogP contribution is 2.19. The van der Waals surface area contributed by atoms with E-state index in [1.807, 2.05) is 0 Å². The van der Waals surface area contributed by atoms with Crippen LogP contribution in [0, 0.1) is 10.1 Å². The molecule has 0 bridgehead atoms. The fraction of sp³-hybridized carbons (Fsp3) is 0.429. The van der Waals surface area contributed by atoms with Crippen LogP contribution in [-0.4, -0.2) is 50.8 Å². The van der Waals surface area contributed by atoms with Crippen molar-refractivity contribution in [1.82, 2.24) is 4.90 Å². The van der Waals surface area contributed by atoms with Crippen molar-refractivity contribution < 1.29 is 29.5 Å². The summed E-state index contributed by atoms with van der Waals surface area (Å²) in [7, 11) is 0. The number of benzene rings is 1. The minimum Gasteiger partial charge on any atom is -0.480 e. The van der Waals surface area contributed by atoms with Crippen LogP contribution in [0.5, 0.6) is 0 Å². The fourth-order valence-electron chi connectivity index (χ4n) is 2.35. The van der Waals surface area contributed by atoms with Gasteiger partial charge in [-0.15, -0.1) is 0 Å². The highest BCUT2D eigenvalue weighted by molar-refractivity contribution is 5.80. The lowest BCUT2D eigenvalue weighted by molar-refractivity contribution is -0.384. The Balaban J connectivity index is 1.97. The summed E-state index contributed by atoms with van der Waals surface area (Å²) < 4.78 is 5.04. The summed E-state index contributed by atoms with van der Waals surface area (Å²) in [5.41, 5.74) is 0.457. The molecular weight excluding hydrogens is 308 g/mol. The molecule has 1 aromatic rings. The molecule has 124 valence electrons. The zero-order chi connectivity index (χ0) is 17.0. The lowest BCUT2D eigenvalue weighted by Crippen LogP contribution is -2.52. The lowest BCUT2D eigenvalue weighted by atomic mass is 10.0. The van der Waals surface area contributed by atoms with Crippen LogP contribution in [0.3, 0.4) is 0 Å². The summed E-state index contributed by atoms with van der Waals surface area (Å²) in [6.45, 7) is -0.244. The third-order valence-electron chi connectivity index (χ3n) is 3.59. The molecule has 2 atom stereocenters. The molecule has 0 aromatic heterocycles. The number of carboxylic acid groups (broad SMARTS) is 1. The molecule has 0 unspecified atom stereocenters. The van der Waals surface area contributed by atoms with Crippen molar-refractivity contribution in [3.63, 3.8) is 0 Å². The molecule has 1 aliphatic rings. The van der Waals surface area contributed by atoms with Crippen LogP contribution in [0.15, 0.2) is 24.3 Å². The number of carbonyl (C=O) groups is 2. The number of nitro groups is 1. The molecule has 1 aromatic carbocycles. The molecule has 1 saturated heterocycles. The molecule has 0 radical (unpaired) electrons. The molecule has 0 aliphatic carbocycles. The SMILES string of the molecule is O=C(O)[C@@H]1CC[C@@H](O)CN1C(=O)OCc1ccc([N+](=O)[O-])cc1. The maximum absolute atomic E-state index is 12.0. The second kappa shape index (κ2) is 7.05. The number of carboxylic acids is 1. The number of hydrogen-bond donors (Lipinski definition) is 2. The van der Waals surface area contributed by atoms with E-state index < -0.39 is 29.1 Å². The van der Waals surface area contributed by atoms with Gasteiger partial charge in [-0.1, -0.05) is 0 Å². The predicted molar refractivity (Wildman–Crippen MR) is 76.7 cm³/mol. The standard InChI is InChI=1S/C14H16N2O7/c17-11-5-6-12(13(18)19)15(7-11)14(20)23-8-9-1-3-10(4-2-9)16(21)22/h1-4,11-12,17H,5-8H2,(H,18,19)/t11-,12+/m1/s1. The van der Waals surface area contributed by atoms with Gasteiger partial charge < -0.3 is 14.9 Å². The minimum absolute atomic E-state index is 0.0785. The Morgan fingerprint density at radius 1 is 1.30 bits per heavy atom. The summed E-state index contributed by atoms with van der Waals surface area (Å²) in [5, 5.41) is 29.3. The normalized spacial score (nSPS) is 20.8. The molecule has 0 saturated carbocycles. The molecule has 1 fully saturated rings. The highest BCUT2D eigenvalue weighted by Gasteiger charge is 2.36. The maximum atomic E-state index is 12.0. The molecular formula is C14H16N2O7. The first kappa shape index (κ1) is 16.7. The molecule has 0 spiro atoms. The van der Waals surface area contributed by atoms with Gasteiger partial charge in [0, 0.05) is 12.1 Å². The number of hydrogen-bond acceptors (Lipinski definition) is 6. The van der Waals surface area contributed by atoms with Crippen molar-refractivity contribution in [2.45, 2.75) is 31.6 Å². The Morgan fingerprint density at radius 2 is 1.96 bits per heavy atom. The summed E-state index contributed by atoms with van der Waals surface area (Å²) in [4.78, 5) is 34.2. The average molecular weight is 324 g/mol. The maximum Gasteiger partial charge on any atom is 0.410 e. The van der Waals surface area contributed by atoms with Crippen molar-refractivity contribution in [1.29, 1.82) is 0 Å². The van der Waals surface area contributed by atoms with Gasteiger partial charge in [-0.05, 0) is 30.5 Å². The van der Waals surface area contributed by atoms with E-state index >= 15 is 0 Å². The van der Waals surface area contributed by atoms with Crippen molar-refractivity contribution in [2.24, 2.45) is 0 Å². The number of aliphatic hydroxyl groups is 1. The first-order valence-electron chi connectivity index (χ1n) is 6.96. The first-order valence-corrected chi connectivity index (χ1v) is 6.96. The average Bonchev–Trinajstić information content (AvgIpc) is 2.52. The van der Waals surface area contributed by atoms with Gasteiger partial charge in [-0.2, -0.15) is 0 Å². The minimum atomic E-state index is -1.15. The van der Waals surface area contributed by atoms with Crippen LogP contribution in [0.1, 0.15) is 18.4 Å². The number of aliphatic hydroxyl groups excluding tert-OH is 1. The van der Waals surface area contributed by atoms with Gasteiger partial charge in [-0.25, -0.2) is 9.59 Å². The van der Waals surface area contributed by atoms with Gasteiger partial charge >= 0.3 is 12.1 Å². The van der Waals surface area contributed by atoms with E-state index in [9.17, 15) is 24.8 Å². The Kier molecular flexibility index (Phi) is 5.12. The Hall–Kier alpha value is -2.68. The molecule has 2 rings (SSSR count). The number of nitrogens with zero attached hydrogens (tertiary/aromatic N) is 2. The Bertz CT molecular complexity index is 602. The number of likely N-dealkylation sites (tertiary alicyclic amines) is 1. The number of non-ortho nitro benzene ring substituents is 1. The summed E-state index contributed by atoms with van der Waals surface area (Å²) in [6, 6.07) is 4.45. The van der Waals surface area contributed by atoms with Crippen LogP contribution in [0.2, 0.25) is 0 Å². The summed E-state index contributed by atoms with van der Waals surface area (Å²) >= 11 is 0. The molecule has 1 heterocycles. The third-order valence-corrected chi connectivity index (χ3v) is 3.59. The third kappa shape index (κ3) is 4.16. The number of rotatable bonds is 4. The van der Waals surface area contributed by atoms with Crippen LogP contribution in [0.4, 0.5) is 10.5 Å². The van der Waals surface area contributed by atoms with Crippen molar-refractivity contribution in [2.75, 3.05) is 6.54 Å². The fourth-order valence-corrected chi connectivity index (χ4v) is 2.35. The van der Waals surface area contributed by atoms with E-state index in [0.717, 1.165) is 4.90 Å². The number of amides is 1. The van der Waals surface area contributed by atoms with E-state index in [1.165, 1.54) is 24.3 Å². The number of carbonyl (C=O) groups excluding carboxylic acids is 1. The highest BCUT2D eigenvalue weighted by atomic mass is 16.6. The van der Waals surface area contributed by atoms with Crippen molar-refractivity contribution in [3.05, 3.63) is 39.9 Å². The zero-order valence-corrected chi connectivity index (χ0v) is 12.1. The van der Waals surface area contributed by atoms with E-state index in [2.05, 4.69) is 0 Å². The monoisotopic (exact) mass is 324 g/mol. The molecule has 23 heavy (non-hydrogen) atoms. The second-order valence-electron chi connectivity index (χ2n) is 5.22. The first-order chi connectivity index (χ1) is 10.9. The van der Waals surface area contributed by atoms with Gasteiger partial charge in [0.1, 0.15) is 12.6 Å². The van der Waals surface area contributed by atoms with Gasteiger partial charge in [0.15, 0.2) is 0 Å². The number of β-amino-alcohol motifs (C(OH)–C–C–N with tert-alkyl or cyclic N) is 1. The van der Waals surface area contributed by atoms with E-state index in [1.54, 1.807) is 0 Å². The number of piperidine rings is 1. The van der Waals surface area contributed by atoms with Crippen LogP contribution >= 0.6 is 0 Å². The smallest absolute Gasteiger partial charge is 0.410 e. The van der Waals surface area contributed by atoms with Crippen LogP contribution < -0.4 is 0 Å². The van der Waals surface area contributed by atoms with Crippen LogP contribution in [-0.2, 0) is 16.1 Å². The lowest BCUT2D eigenvalue weighted by Gasteiger charge is -2.34. The molecule has 1 amide bonds. The second-order valence-corrected chi connectivity index (χ2v) is 5.22. The van der Waals surface area contributed by atoms with E-state index in [4.69, 9.17) is 9.84 Å². The van der Waals surface area contributed by atoms with Gasteiger partial charge in [0.05, 0.1) is 17.6 Å². The number of ether oxygens (including phenoxy) is 1. The number of aliphatic carboxylic acids is 1. The van der Waals surface area contributed by atoms with Crippen molar-refractivity contribution in [3.8, 4) is 0 Å². The molecule has 2 N–H and O–H groups in total. The van der Waals surface area contributed by atoms with Gasteiger partial charge in [-0.3, -0.25) is 15.0 Å². The zero-order valence-electron chi connectivity index (χ0n) is 12.1. The van der Waals surface area contributed by atoms with E-state index in [0.29, 0.717) is 12.0 Å². The van der Waals surface area contributed by atoms with E-state index in [-0.39, 0.29) is 25.3 Å². The molecule has 9 heteroatoms. The summed E-state index contributed by atoms with van der Waals surface area (Å²) in [6.07, 6.45) is -1.15. The molecule has 1 aliphatic heterocycles. The predicted octanol–water partition coefficient (Wildman–Crippen LogP) is 1.14. The Morgan fingerprint density at radius 3 is 2.52 bits per heavy atom. The largest absolute Gasteiger partial charge is 0.480 e.